The lowest BCUT2D eigenvalue weighted by Gasteiger charge is -2.41. The fourth-order valence-corrected chi connectivity index (χ4v) is 7.50. The average molecular weight is 553 g/mol. The molecule has 1 aliphatic rings. The number of aliphatic hydroxyl groups is 1. The minimum absolute atomic E-state index is 0.0110. The van der Waals surface area contributed by atoms with Gasteiger partial charge in [0.2, 0.25) is 20.0 Å². The summed E-state index contributed by atoms with van der Waals surface area (Å²) in [6, 6.07) is 15.4. The van der Waals surface area contributed by atoms with Gasteiger partial charge in [-0.2, -0.15) is 0 Å². The molecule has 11 heteroatoms. The fourth-order valence-electron chi connectivity index (χ4n) is 4.78. The number of fused-ring (bicyclic) bond motifs is 1. The molecule has 0 aliphatic heterocycles. The molecule has 0 bridgehead atoms. The molecule has 2 unspecified atom stereocenters. The van der Waals surface area contributed by atoms with Crippen molar-refractivity contribution in [3.63, 3.8) is 0 Å². The van der Waals surface area contributed by atoms with Gasteiger partial charge in [0.05, 0.1) is 0 Å². The predicted molar refractivity (Wildman–Crippen MR) is 138 cm³/mol. The van der Waals surface area contributed by atoms with Crippen LogP contribution in [-0.2, 0) is 25.6 Å². The SMILES string of the molecule is Cc1c(Cl)cccc1C1=C(S(N)(=O)=O)C(O)(c2cccc(Cl)c2C)c2ccccc2C1S(N)(=O)=O. The van der Waals surface area contributed by atoms with Crippen LogP contribution in [0.4, 0.5) is 0 Å². The Bertz CT molecular complexity index is 1620. The first-order valence-electron chi connectivity index (χ1n) is 10.3. The molecule has 3 aromatic carbocycles. The van der Waals surface area contributed by atoms with Crippen LogP contribution < -0.4 is 10.3 Å². The van der Waals surface area contributed by atoms with E-state index in [1.807, 2.05) is 0 Å². The number of hydrogen-bond donors (Lipinski definition) is 3. The maximum atomic E-state index is 13.3. The minimum atomic E-state index is -4.75. The van der Waals surface area contributed by atoms with Gasteiger partial charge < -0.3 is 5.11 Å². The zero-order valence-electron chi connectivity index (χ0n) is 18.7. The van der Waals surface area contributed by atoms with Crippen molar-refractivity contribution >= 4 is 48.8 Å². The van der Waals surface area contributed by atoms with Crippen LogP contribution in [0.1, 0.15) is 38.6 Å². The number of sulfonamides is 2. The third-order valence-electron chi connectivity index (χ3n) is 6.30. The first kappa shape index (κ1) is 25.8. The van der Waals surface area contributed by atoms with Crippen LogP contribution in [0.25, 0.3) is 5.57 Å². The van der Waals surface area contributed by atoms with Gasteiger partial charge in [0.15, 0.2) is 5.60 Å². The molecule has 0 fully saturated rings. The topological polar surface area (TPSA) is 141 Å². The number of rotatable bonds is 4. The fraction of sp³-hybridized carbons (Fsp3) is 0.167. The summed E-state index contributed by atoms with van der Waals surface area (Å²) in [6.07, 6.45) is 0. The molecule has 5 N–H and O–H groups in total. The maximum Gasteiger partial charge on any atom is 0.238 e. The monoisotopic (exact) mass is 552 g/mol. The highest BCUT2D eigenvalue weighted by molar-refractivity contribution is 7.93. The summed E-state index contributed by atoms with van der Waals surface area (Å²) < 4.78 is 52.7. The van der Waals surface area contributed by atoms with E-state index in [0.29, 0.717) is 11.1 Å². The van der Waals surface area contributed by atoms with Crippen molar-refractivity contribution in [2.75, 3.05) is 0 Å². The predicted octanol–water partition coefficient (Wildman–Crippen LogP) is 3.89. The lowest BCUT2D eigenvalue weighted by molar-refractivity contribution is 0.126. The van der Waals surface area contributed by atoms with E-state index in [9.17, 15) is 21.9 Å². The lowest BCUT2D eigenvalue weighted by Crippen LogP contribution is -2.44. The number of hydrogen-bond acceptors (Lipinski definition) is 5. The lowest BCUT2D eigenvalue weighted by atomic mass is 9.73. The molecule has 0 radical (unpaired) electrons. The quantitative estimate of drug-likeness (QED) is 0.450. The summed E-state index contributed by atoms with van der Waals surface area (Å²) in [5, 5.41) is 22.8. The van der Waals surface area contributed by atoms with Gasteiger partial charge in [0.25, 0.3) is 0 Å². The van der Waals surface area contributed by atoms with E-state index in [-0.39, 0.29) is 37.9 Å². The van der Waals surface area contributed by atoms with Crippen molar-refractivity contribution < 1.29 is 21.9 Å². The Morgan fingerprint density at radius 3 is 1.94 bits per heavy atom. The number of nitrogens with two attached hydrogens (primary N) is 2. The van der Waals surface area contributed by atoms with Gasteiger partial charge in [-0.25, -0.2) is 27.1 Å². The van der Waals surface area contributed by atoms with Crippen molar-refractivity contribution in [3.05, 3.63) is 109 Å². The zero-order chi connectivity index (χ0) is 25.9. The van der Waals surface area contributed by atoms with Gasteiger partial charge in [-0.3, -0.25) is 0 Å². The molecular weight excluding hydrogens is 531 g/mol. The zero-order valence-corrected chi connectivity index (χ0v) is 21.8. The number of primary sulfonamides is 2. The highest BCUT2D eigenvalue weighted by Crippen LogP contribution is 2.55. The summed E-state index contributed by atoms with van der Waals surface area (Å²) in [6.45, 7) is 3.23. The third kappa shape index (κ3) is 4.11. The summed E-state index contributed by atoms with van der Waals surface area (Å²) >= 11 is 12.7. The van der Waals surface area contributed by atoms with Gasteiger partial charge in [-0.05, 0) is 59.4 Å². The second kappa shape index (κ2) is 8.70. The molecule has 0 saturated carbocycles. The van der Waals surface area contributed by atoms with Crippen molar-refractivity contribution in [2.24, 2.45) is 10.3 Å². The van der Waals surface area contributed by atoms with E-state index in [1.54, 1.807) is 50.2 Å². The molecule has 0 heterocycles. The molecule has 7 nitrogen and oxygen atoms in total. The van der Waals surface area contributed by atoms with E-state index >= 15 is 0 Å². The summed E-state index contributed by atoms with van der Waals surface area (Å²) in [4.78, 5) is -0.710. The standard InChI is InChI=1S/C24H22Cl2N2O5S2/c1-13-15(8-5-11-19(13)25)21-22(34(27,30)31)16-7-3-4-9-18(16)24(29,23(21)35(28,32)33)17-10-6-12-20(26)14(17)2/h3-12,22,29H,1-2H3,(H2,27,30,31)(H2,28,32,33). The molecule has 184 valence electrons. The maximum absolute atomic E-state index is 13.3. The molecule has 2 atom stereocenters. The van der Waals surface area contributed by atoms with E-state index in [4.69, 9.17) is 33.5 Å². The van der Waals surface area contributed by atoms with Crippen LogP contribution in [0, 0.1) is 13.8 Å². The Morgan fingerprint density at radius 2 is 1.34 bits per heavy atom. The molecule has 0 aromatic heterocycles. The van der Waals surface area contributed by atoms with Crippen LogP contribution in [0.15, 0.2) is 65.6 Å². The molecule has 0 spiro atoms. The van der Waals surface area contributed by atoms with E-state index in [2.05, 4.69) is 0 Å². The van der Waals surface area contributed by atoms with Crippen LogP contribution in [0.3, 0.4) is 0 Å². The Labute approximate surface area is 214 Å². The molecule has 1 aliphatic carbocycles. The Balaban J connectivity index is 2.36. The molecule has 3 aromatic rings. The van der Waals surface area contributed by atoms with Gasteiger partial charge in [-0.1, -0.05) is 71.7 Å². The van der Waals surface area contributed by atoms with Gasteiger partial charge in [0, 0.05) is 15.6 Å². The first-order chi connectivity index (χ1) is 16.2. The molecule has 0 amide bonds. The molecule has 4 rings (SSSR count). The van der Waals surface area contributed by atoms with Crippen molar-refractivity contribution in [2.45, 2.75) is 24.7 Å². The first-order valence-corrected chi connectivity index (χ1v) is 14.2. The van der Waals surface area contributed by atoms with E-state index < -0.39 is 35.8 Å². The summed E-state index contributed by atoms with van der Waals surface area (Å²) in [7, 11) is -9.22. The third-order valence-corrected chi connectivity index (χ3v) is 9.35. The number of halogens is 2. The Kier molecular flexibility index (Phi) is 6.43. The molecule has 0 saturated heterocycles. The Hall–Kier alpha value is -2.24. The van der Waals surface area contributed by atoms with Crippen LogP contribution >= 0.6 is 23.2 Å². The summed E-state index contributed by atoms with van der Waals surface area (Å²) in [5.74, 6) is 0. The highest BCUT2D eigenvalue weighted by Gasteiger charge is 2.53. The Morgan fingerprint density at radius 1 is 0.800 bits per heavy atom. The molecular formula is C24H22Cl2N2O5S2. The van der Waals surface area contributed by atoms with E-state index in [1.165, 1.54) is 24.3 Å². The van der Waals surface area contributed by atoms with Crippen LogP contribution in [0.2, 0.25) is 10.0 Å². The van der Waals surface area contributed by atoms with Crippen molar-refractivity contribution in [3.8, 4) is 0 Å². The van der Waals surface area contributed by atoms with Gasteiger partial charge in [0.1, 0.15) is 10.2 Å². The molecule has 35 heavy (non-hydrogen) atoms. The van der Waals surface area contributed by atoms with Gasteiger partial charge >= 0.3 is 0 Å². The largest absolute Gasteiger partial charge is 0.375 e. The van der Waals surface area contributed by atoms with Crippen molar-refractivity contribution in [1.82, 2.24) is 0 Å². The summed E-state index contributed by atoms with van der Waals surface area (Å²) in [5.41, 5.74) is -1.44. The second-order valence-corrected chi connectivity index (χ2v) is 12.3. The number of benzene rings is 3. The van der Waals surface area contributed by atoms with Crippen LogP contribution in [0.5, 0.6) is 0 Å². The average Bonchev–Trinajstić information content (AvgIpc) is 2.75. The second-order valence-electron chi connectivity index (χ2n) is 8.38. The van der Waals surface area contributed by atoms with Crippen molar-refractivity contribution in [1.29, 1.82) is 0 Å². The van der Waals surface area contributed by atoms with E-state index in [0.717, 1.165) is 0 Å². The minimum Gasteiger partial charge on any atom is -0.375 e. The smallest absolute Gasteiger partial charge is 0.238 e. The van der Waals surface area contributed by atoms with Crippen LogP contribution in [-0.4, -0.2) is 21.9 Å². The van der Waals surface area contributed by atoms with Gasteiger partial charge in [-0.15, -0.1) is 0 Å². The highest BCUT2D eigenvalue weighted by atomic mass is 35.5. The normalized spacial score (nSPS) is 20.6.